The zero-order valence-corrected chi connectivity index (χ0v) is 12.4. The highest BCUT2D eigenvalue weighted by atomic mass is 16.5. The van der Waals surface area contributed by atoms with Crippen LogP contribution in [0.2, 0.25) is 0 Å². The maximum Gasteiger partial charge on any atom is 0.157 e. The van der Waals surface area contributed by atoms with Crippen LogP contribution in [0.25, 0.3) is 0 Å². The Hall–Kier alpha value is -1.46. The monoisotopic (exact) mass is 289 g/mol. The Kier molecular flexibility index (Phi) is 4.22. The van der Waals surface area contributed by atoms with Crippen LogP contribution in [-0.4, -0.2) is 47.5 Å². The summed E-state index contributed by atoms with van der Waals surface area (Å²) in [6.45, 7) is 3.20. The van der Waals surface area contributed by atoms with E-state index in [4.69, 9.17) is 10.5 Å². The van der Waals surface area contributed by atoms with Crippen LogP contribution in [-0.2, 0) is 16.0 Å². The summed E-state index contributed by atoms with van der Waals surface area (Å²) >= 11 is 0. The fourth-order valence-corrected chi connectivity index (χ4v) is 3.68. The summed E-state index contributed by atoms with van der Waals surface area (Å²) < 4.78 is 5.44. The van der Waals surface area contributed by atoms with Crippen LogP contribution in [0.15, 0.2) is 18.3 Å². The van der Waals surface area contributed by atoms with Crippen LogP contribution in [0.4, 0.5) is 5.82 Å². The molecule has 1 aliphatic heterocycles. The first kappa shape index (κ1) is 14.5. The van der Waals surface area contributed by atoms with Crippen molar-refractivity contribution < 1.29 is 9.53 Å². The second-order valence-corrected chi connectivity index (χ2v) is 6.03. The molecule has 5 heteroatoms. The van der Waals surface area contributed by atoms with Gasteiger partial charge in [0.2, 0.25) is 0 Å². The number of anilines is 1. The number of carbonyl (C=O) groups excluding carboxylic acids is 1. The largest absolute Gasteiger partial charge is 0.384 e. The molecule has 2 heterocycles. The number of nitrogens with zero attached hydrogens (tertiary/aromatic N) is 2. The van der Waals surface area contributed by atoms with Gasteiger partial charge in [0.05, 0.1) is 18.8 Å². The molecule has 114 valence electrons. The molecule has 3 rings (SSSR count). The van der Waals surface area contributed by atoms with E-state index < -0.39 is 0 Å². The summed E-state index contributed by atoms with van der Waals surface area (Å²) in [4.78, 5) is 19.4. The molecule has 2 fully saturated rings. The summed E-state index contributed by atoms with van der Waals surface area (Å²) in [6.07, 6.45) is 6.36. The first-order valence-electron chi connectivity index (χ1n) is 7.77. The lowest BCUT2D eigenvalue weighted by atomic mass is 9.86. The van der Waals surface area contributed by atoms with Crippen molar-refractivity contribution in [1.82, 2.24) is 9.88 Å². The van der Waals surface area contributed by atoms with Crippen LogP contribution in [0, 0.1) is 0 Å². The van der Waals surface area contributed by atoms with Crippen molar-refractivity contribution in [3.8, 4) is 0 Å². The first-order valence-corrected chi connectivity index (χ1v) is 7.77. The van der Waals surface area contributed by atoms with E-state index in [1.165, 1.54) is 0 Å². The molecule has 2 N–H and O–H groups in total. The highest BCUT2D eigenvalue weighted by Crippen LogP contribution is 2.37. The van der Waals surface area contributed by atoms with Crippen molar-refractivity contribution in [1.29, 1.82) is 0 Å². The SMILES string of the molecule is Nc1cc(CC(=O)C2(N3CCOCC3)CCCC2)ccn1. The molecule has 5 nitrogen and oxygen atoms in total. The van der Waals surface area contributed by atoms with E-state index in [9.17, 15) is 4.79 Å². The average Bonchev–Trinajstić information content (AvgIpc) is 2.99. The minimum Gasteiger partial charge on any atom is -0.384 e. The maximum absolute atomic E-state index is 13.0. The molecule has 0 atom stereocenters. The van der Waals surface area contributed by atoms with Crippen LogP contribution in [0.5, 0.6) is 0 Å². The highest BCUT2D eigenvalue weighted by Gasteiger charge is 2.45. The fraction of sp³-hybridized carbons (Fsp3) is 0.625. The molecule has 1 saturated heterocycles. The summed E-state index contributed by atoms with van der Waals surface area (Å²) in [7, 11) is 0. The van der Waals surface area contributed by atoms with Crippen LogP contribution < -0.4 is 5.73 Å². The van der Waals surface area contributed by atoms with E-state index in [2.05, 4.69) is 9.88 Å². The molecule has 1 aromatic heterocycles. The van der Waals surface area contributed by atoms with Crippen molar-refractivity contribution in [3.63, 3.8) is 0 Å². The number of pyridine rings is 1. The lowest BCUT2D eigenvalue weighted by molar-refractivity contribution is -0.133. The number of carbonyl (C=O) groups is 1. The zero-order valence-electron chi connectivity index (χ0n) is 12.4. The standard InChI is InChI=1S/C16H23N3O2/c17-15-12-13(3-6-18-15)11-14(20)16(4-1-2-5-16)19-7-9-21-10-8-19/h3,6,12H,1-2,4-5,7-11H2,(H2,17,18). The quantitative estimate of drug-likeness (QED) is 0.908. The van der Waals surface area contributed by atoms with Gasteiger partial charge in [0, 0.05) is 25.7 Å². The number of morpholine rings is 1. The first-order chi connectivity index (χ1) is 10.2. The molecule has 0 spiro atoms. The Bertz CT molecular complexity index is 506. The second kappa shape index (κ2) is 6.12. The van der Waals surface area contributed by atoms with Crippen LogP contribution in [0.1, 0.15) is 31.2 Å². The molecule has 0 unspecified atom stereocenters. The molecule has 2 aliphatic rings. The molecule has 0 aromatic carbocycles. The summed E-state index contributed by atoms with van der Waals surface area (Å²) in [5.74, 6) is 0.805. The highest BCUT2D eigenvalue weighted by molar-refractivity contribution is 5.90. The number of Topliss-reactive ketones (excluding diaryl/α,β-unsaturated/α-hetero) is 1. The van der Waals surface area contributed by atoms with Gasteiger partial charge in [-0.2, -0.15) is 0 Å². The number of rotatable bonds is 4. The second-order valence-electron chi connectivity index (χ2n) is 6.03. The lowest BCUT2D eigenvalue weighted by Gasteiger charge is -2.42. The topological polar surface area (TPSA) is 68.5 Å². The predicted molar refractivity (Wildman–Crippen MR) is 81.0 cm³/mol. The van der Waals surface area contributed by atoms with Gasteiger partial charge in [-0.3, -0.25) is 9.69 Å². The molecular formula is C16H23N3O2. The summed E-state index contributed by atoms with van der Waals surface area (Å²) in [5, 5.41) is 0. The number of hydrogen-bond donors (Lipinski definition) is 1. The minimum atomic E-state index is -0.276. The average molecular weight is 289 g/mol. The van der Waals surface area contributed by atoms with Gasteiger partial charge in [0.25, 0.3) is 0 Å². The molecule has 1 saturated carbocycles. The third-order valence-corrected chi connectivity index (χ3v) is 4.78. The number of hydrogen-bond acceptors (Lipinski definition) is 5. The number of nitrogens with two attached hydrogens (primary N) is 1. The number of aromatic nitrogens is 1. The van der Waals surface area contributed by atoms with E-state index >= 15 is 0 Å². The Morgan fingerprint density at radius 2 is 2.05 bits per heavy atom. The van der Waals surface area contributed by atoms with E-state index in [0.29, 0.717) is 18.0 Å². The van der Waals surface area contributed by atoms with Gasteiger partial charge in [0.15, 0.2) is 5.78 Å². The maximum atomic E-state index is 13.0. The molecule has 21 heavy (non-hydrogen) atoms. The summed E-state index contributed by atoms with van der Waals surface area (Å²) in [6, 6.07) is 3.69. The zero-order chi connectivity index (χ0) is 14.7. The fourth-order valence-electron chi connectivity index (χ4n) is 3.68. The van der Waals surface area contributed by atoms with Gasteiger partial charge < -0.3 is 10.5 Å². The third kappa shape index (κ3) is 2.94. The Morgan fingerprint density at radius 3 is 2.71 bits per heavy atom. The van der Waals surface area contributed by atoms with Crippen molar-refractivity contribution >= 4 is 11.6 Å². The smallest absolute Gasteiger partial charge is 0.157 e. The van der Waals surface area contributed by atoms with Crippen molar-refractivity contribution in [3.05, 3.63) is 23.9 Å². The number of nitrogen functional groups attached to an aromatic ring is 1. The molecular weight excluding hydrogens is 266 g/mol. The molecule has 0 amide bonds. The van der Waals surface area contributed by atoms with Crippen LogP contribution >= 0.6 is 0 Å². The summed E-state index contributed by atoms with van der Waals surface area (Å²) in [5.41, 5.74) is 6.40. The number of ether oxygens (including phenoxy) is 1. The lowest BCUT2D eigenvalue weighted by Crippen LogP contribution is -2.57. The molecule has 0 bridgehead atoms. The van der Waals surface area contributed by atoms with Gasteiger partial charge >= 0.3 is 0 Å². The Balaban J connectivity index is 1.78. The van der Waals surface area contributed by atoms with E-state index in [1.807, 2.05) is 6.07 Å². The van der Waals surface area contributed by atoms with E-state index in [-0.39, 0.29) is 5.54 Å². The molecule has 0 radical (unpaired) electrons. The van der Waals surface area contributed by atoms with Gasteiger partial charge in [-0.1, -0.05) is 12.8 Å². The van der Waals surface area contributed by atoms with Crippen molar-refractivity contribution in [2.24, 2.45) is 0 Å². The minimum absolute atomic E-state index is 0.276. The van der Waals surface area contributed by atoms with Crippen molar-refractivity contribution in [2.75, 3.05) is 32.0 Å². The molecule has 1 aliphatic carbocycles. The van der Waals surface area contributed by atoms with Gasteiger partial charge in [0.1, 0.15) is 5.82 Å². The van der Waals surface area contributed by atoms with Crippen molar-refractivity contribution in [2.45, 2.75) is 37.6 Å². The Morgan fingerprint density at radius 1 is 1.33 bits per heavy atom. The van der Waals surface area contributed by atoms with E-state index in [1.54, 1.807) is 12.3 Å². The van der Waals surface area contributed by atoms with E-state index in [0.717, 1.165) is 57.6 Å². The Labute approximate surface area is 125 Å². The van der Waals surface area contributed by atoms with Crippen LogP contribution in [0.3, 0.4) is 0 Å². The normalized spacial score (nSPS) is 22.3. The number of ketones is 1. The predicted octanol–water partition coefficient (Wildman–Crippen LogP) is 1.42. The third-order valence-electron chi connectivity index (χ3n) is 4.78. The van der Waals surface area contributed by atoms with Gasteiger partial charge in [-0.05, 0) is 30.5 Å². The molecule has 1 aromatic rings. The van der Waals surface area contributed by atoms with Gasteiger partial charge in [-0.15, -0.1) is 0 Å². The van der Waals surface area contributed by atoms with Gasteiger partial charge in [-0.25, -0.2) is 4.98 Å².